The van der Waals surface area contributed by atoms with Gasteiger partial charge in [0.25, 0.3) is 5.56 Å². The second kappa shape index (κ2) is 8.47. The Balaban J connectivity index is 1.84. The standard InChI is InChI=1S/C21H20FN3O3/c1-14(7-8-15-5-3-2-4-6-15)23-13-18-19(26)24-21(28)25(20(18)27)17-11-9-16(22)10-12-17/h2-6,9-14,27H,7-8H2,1H3,(H,24,26,28)/t14-/m0/s1. The zero-order valence-electron chi connectivity index (χ0n) is 15.3. The molecule has 2 N–H and O–H groups in total. The Morgan fingerprint density at radius 1 is 1.14 bits per heavy atom. The van der Waals surface area contributed by atoms with Gasteiger partial charge in [-0.3, -0.25) is 14.8 Å². The van der Waals surface area contributed by atoms with Crippen LogP contribution in [0.4, 0.5) is 4.39 Å². The molecule has 0 aliphatic rings. The number of aromatic nitrogens is 2. The molecule has 0 saturated carbocycles. The van der Waals surface area contributed by atoms with E-state index in [2.05, 4.69) is 9.98 Å². The average Bonchev–Trinajstić information content (AvgIpc) is 2.68. The van der Waals surface area contributed by atoms with Crippen LogP contribution in [-0.2, 0) is 6.42 Å². The highest BCUT2D eigenvalue weighted by Gasteiger charge is 2.14. The van der Waals surface area contributed by atoms with Crippen molar-refractivity contribution >= 4 is 6.21 Å². The van der Waals surface area contributed by atoms with Gasteiger partial charge in [0.05, 0.1) is 5.69 Å². The number of nitrogens with one attached hydrogen (secondary N) is 1. The fourth-order valence-electron chi connectivity index (χ4n) is 2.78. The zero-order valence-corrected chi connectivity index (χ0v) is 15.3. The van der Waals surface area contributed by atoms with Crippen LogP contribution < -0.4 is 11.2 Å². The van der Waals surface area contributed by atoms with Gasteiger partial charge in [-0.15, -0.1) is 0 Å². The maximum absolute atomic E-state index is 13.1. The number of aliphatic imine (C=N–C) groups is 1. The number of hydrogen-bond donors (Lipinski definition) is 2. The second-order valence-corrected chi connectivity index (χ2v) is 6.46. The van der Waals surface area contributed by atoms with E-state index in [-0.39, 0.29) is 17.3 Å². The summed E-state index contributed by atoms with van der Waals surface area (Å²) in [6.45, 7) is 1.90. The summed E-state index contributed by atoms with van der Waals surface area (Å²) in [6.07, 6.45) is 2.86. The van der Waals surface area contributed by atoms with Crippen LogP contribution in [-0.4, -0.2) is 26.9 Å². The lowest BCUT2D eigenvalue weighted by Crippen LogP contribution is -2.31. The quantitative estimate of drug-likeness (QED) is 0.644. The third-order valence-corrected chi connectivity index (χ3v) is 4.36. The summed E-state index contributed by atoms with van der Waals surface area (Å²) in [5.74, 6) is -1.02. The first-order valence-electron chi connectivity index (χ1n) is 8.87. The van der Waals surface area contributed by atoms with Crippen molar-refractivity contribution in [2.24, 2.45) is 4.99 Å². The minimum absolute atomic E-state index is 0.0924. The van der Waals surface area contributed by atoms with Crippen LogP contribution in [0.1, 0.15) is 24.5 Å². The highest BCUT2D eigenvalue weighted by molar-refractivity contribution is 5.82. The van der Waals surface area contributed by atoms with Gasteiger partial charge >= 0.3 is 5.69 Å². The fraction of sp³-hybridized carbons (Fsp3) is 0.190. The number of aromatic hydroxyl groups is 1. The summed E-state index contributed by atoms with van der Waals surface area (Å²) in [7, 11) is 0. The summed E-state index contributed by atoms with van der Waals surface area (Å²) in [6, 6.07) is 14.9. The molecule has 0 radical (unpaired) electrons. The number of rotatable bonds is 6. The molecule has 6 nitrogen and oxygen atoms in total. The van der Waals surface area contributed by atoms with Crippen LogP contribution in [0, 0.1) is 5.82 Å². The average molecular weight is 381 g/mol. The van der Waals surface area contributed by atoms with Crippen molar-refractivity contribution in [3.63, 3.8) is 0 Å². The van der Waals surface area contributed by atoms with Crippen molar-refractivity contribution in [3.05, 3.63) is 92.4 Å². The molecule has 144 valence electrons. The van der Waals surface area contributed by atoms with Gasteiger partial charge in [0.1, 0.15) is 11.4 Å². The highest BCUT2D eigenvalue weighted by Crippen LogP contribution is 2.16. The first kappa shape index (κ1) is 19.3. The molecule has 1 heterocycles. The summed E-state index contributed by atoms with van der Waals surface area (Å²) in [5, 5.41) is 10.5. The van der Waals surface area contributed by atoms with Gasteiger partial charge in [-0.25, -0.2) is 13.8 Å². The molecule has 1 atom stereocenters. The molecular formula is C21H20FN3O3. The molecule has 0 fully saturated rings. The normalized spacial score (nSPS) is 12.4. The van der Waals surface area contributed by atoms with Crippen LogP contribution in [0.5, 0.6) is 5.88 Å². The molecule has 0 spiro atoms. The first-order chi connectivity index (χ1) is 13.5. The molecule has 28 heavy (non-hydrogen) atoms. The Morgan fingerprint density at radius 2 is 1.82 bits per heavy atom. The summed E-state index contributed by atoms with van der Waals surface area (Å²) >= 11 is 0. The van der Waals surface area contributed by atoms with Crippen LogP contribution >= 0.6 is 0 Å². The van der Waals surface area contributed by atoms with E-state index in [0.29, 0.717) is 0 Å². The van der Waals surface area contributed by atoms with Gasteiger partial charge in [-0.2, -0.15) is 0 Å². The molecular weight excluding hydrogens is 361 g/mol. The Hall–Kier alpha value is -3.48. The van der Waals surface area contributed by atoms with Crippen molar-refractivity contribution in [2.75, 3.05) is 0 Å². The van der Waals surface area contributed by atoms with E-state index in [1.807, 2.05) is 37.3 Å². The van der Waals surface area contributed by atoms with E-state index in [9.17, 15) is 19.1 Å². The number of hydrogen-bond acceptors (Lipinski definition) is 4. The maximum atomic E-state index is 13.1. The molecule has 2 aromatic carbocycles. The van der Waals surface area contributed by atoms with E-state index in [0.717, 1.165) is 29.5 Å². The molecule has 7 heteroatoms. The predicted octanol–water partition coefficient (Wildman–Crippen LogP) is 2.81. The Bertz CT molecular complexity index is 1090. The van der Waals surface area contributed by atoms with Crippen LogP contribution in [0.15, 0.2) is 69.2 Å². The molecule has 0 amide bonds. The number of aromatic amines is 1. The molecule has 3 aromatic rings. The number of benzene rings is 2. The SMILES string of the molecule is C[C@@H](CCc1ccccc1)N=Cc1c(O)n(-c2ccc(F)cc2)c(=O)[nH]c1=O. The lowest BCUT2D eigenvalue weighted by molar-refractivity contribution is 0.430. The summed E-state index contributed by atoms with van der Waals surface area (Å²) < 4.78 is 14.0. The van der Waals surface area contributed by atoms with Crippen LogP contribution in [0.3, 0.4) is 0 Å². The largest absolute Gasteiger partial charge is 0.493 e. The number of nitrogens with zero attached hydrogens (tertiary/aromatic N) is 2. The third kappa shape index (κ3) is 4.43. The minimum Gasteiger partial charge on any atom is -0.493 e. The van der Waals surface area contributed by atoms with Crippen molar-refractivity contribution in [1.82, 2.24) is 9.55 Å². The zero-order chi connectivity index (χ0) is 20.1. The third-order valence-electron chi connectivity index (χ3n) is 4.36. The van der Waals surface area contributed by atoms with E-state index in [1.54, 1.807) is 0 Å². The predicted molar refractivity (Wildman–Crippen MR) is 106 cm³/mol. The van der Waals surface area contributed by atoms with E-state index in [4.69, 9.17) is 0 Å². The Kier molecular flexibility index (Phi) is 5.84. The van der Waals surface area contributed by atoms with Gasteiger partial charge < -0.3 is 5.11 Å². The first-order valence-corrected chi connectivity index (χ1v) is 8.87. The van der Waals surface area contributed by atoms with Gasteiger partial charge in [0.2, 0.25) is 5.88 Å². The lowest BCUT2D eigenvalue weighted by atomic mass is 10.1. The van der Waals surface area contributed by atoms with Crippen LogP contribution in [0.2, 0.25) is 0 Å². The Morgan fingerprint density at radius 3 is 2.50 bits per heavy atom. The smallest absolute Gasteiger partial charge is 0.335 e. The number of halogens is 1. The van der Waals surface area contributed by atoms with Crippen molar-refractivity contribution < 1.29 is 9.50 Å². The summed E-state index contributed by atoms with van der Waals surface area (Å²) in [5.41, 5.74) is -0.263. The minimum atomic E-state index is -0.816. The molecule has 0 unspecified atom stereocenters. The van der Waals surface area contributed by atoms with Gasteiger partial charge in [-0.1, -0.05) is 30.3 Å². The second-order valence-electron chi connectivity index (χ2n) is 6.46. The van der Waals surface area contributed by atoms with E-state index < -0.39 is 22.9 Å². The van der Waals surface area contributed by atoms with Crippen LogP contribution in [0.25, 0.3) is 5.69 Å². The van der Waals surface area contributed by atoms with Crippen molar-refractivity contribution in [2.45, 2.75) is 25.8 Å². The number of aryl methyl sites for hydroxylation is 1. The maximum Gasteiger partial charge on any atom is 0.335 e. The van der Waals surface area contributed by atoms with Gasteiger partial charge in [-0.05, 0) is 49.6 Å². The lowest BCUT2D eigenvalue weighted by Gasteiger charge is -2.10. The molecule has 0 aliphatic heterocycles. The van der Waals surface area contributed by atoms with E-state index >= 15 is 0 Å². The molecule has 0 bridgehead atoms. The van der Waals surface area contributed by atoms with Gasteiger partial charge in [0, 0.05) is 12.3 Å². The van der Waals surface area contributed by atoms with Crippen molar-refractivity contribution in [3.8, 4) is 11.6 Å². The van der Waals surface area contributed by atoms with Gasteiger partial charge in [0.15, 0.2) is 0 Å². The fourth-order valence-corrected chi connectivity index (χ4v) is 2.78. The molecule has 0 saturated heterocycles. The van der Waals surface area contributed by atoms with Crippen molar-refractivity contribution in [1.29, 1.82) is 0 Å². The molecule has 3 rings (SSSR count). The van der Waals surface area contributed by atoms with E-state index in [1.165, 1.54) is 23.9 Å². The summed E-state index contributed by atoms with van der Waals surface area (Å²) in [4.78, 5) is 30.7. The molecule has 0 aliphatic carbocycles. The highest BCUT2D eigenvalue weighted by atomic mass is 19.1. The Labute approximate surface area is 160 Å². The molecule has 1 aromatic heterocycles. The topological polar surface area (TPSA) is 87.4 Å². The number of H-pyrrole nitrogens is 1. The monoisotopic (exact) mass is 381 g/mol.